The highest BCUT2D eigenvalue weighted by Crippen LogP contribution is 2.39. The van der Waals surface area contributed by atoms with E-state index in [1.807, 2.05) is 12.3 Å². The van der Waals surface area contributed by atoms with Crippen molar-refractivity contribution >= 4 is 11.6 Å². The van der Waals surface area contributed by atoms with Crippen LogP contribution in [0.3, 0.4) is 0 Å². The van der Waals surface area contributed by atoms with Crippen molar-refractivity contribution in [3.63, 3.8) is 0 Å². The first-order valence-electron chi connectivity index (χ1n) is 10.2. The van der Waals surface area contributed by atoms with Crippen LogP contribution in [0.2, 0.25) is 0 Å². The van der Waals surface area contributed by atoms with Gasteiger partial charge in [-0.1, -0.05) is 24.3 Å². The third kappa shape index (κ3) is 4.53. The van der Waals surface area contributed by atoms with Gasteiger partial charge >= 0.3 is 0 Å². The Morgan fingerprint density at radius 3 is 2.64 bits per heavy atom. The topological polar surface area (TPSA) is 65.5 Å². The molecule has 0 radical (unpaired) electrons. The molecule has 2 aliphatic rings. The van der Waals surface area contributed by atoms with Gasteiger partial charge in [0.05, 0.1) is 23.9 Å². The highest BCUT2D eigenvalue weighted by atomic mass is 16.3. The molecule has 1 saturated heterocycles. The summed E-state index contributed by atoms with van der Waals surface area (Å²) in [6.45, 7) is 5.16. The second-order valence-electron chi connectivity index (χ2n) is 8.68. The molecule has 2 N–H and O–H groups in total. The summed E-state index contributed by atoms with van der Waals surface area (Å²) in [5, 5.41) is 13.4. The molecule has 5 heteroatoms. The van der Waals surface area contributed by atoms with Gasteiger partial charge in [0.15, 0.2) is 0 Å². The van der Waals surface area contributed by atoms with Crippen LogP contribution in [0.5, 0.6) is 0 Å². The molecule has 4 rings (SSSR count). The van der Waals surface area contributed by atoms with Crippen molar-refractivity contribution in [2.24, 2.45) is 0 Å². The van der Waals surface area contributed by atoms with Gasteiger partial charge in [-0.2, -0.15) is 0 Å². The first-order chi connectivity index (χ1) is 13.4. The Labute approximate surface area is 166 Å². The summed E-state index contributed by atoms with van der Waals surface area (Å²) in [6.07, 6.45) is 7.46. The maximum absolute atomic E-state index is 12.5. The molecule has 1 aromatic carbocycles. The summed E-state index contributed by atoms with van der Waals surface area (Å²) in [5.74, 6) is 0.825. The normalized spacial score (nSPS) is 19.7. The number of anilines is 1. The van der Waals surface area contributed by atoms with Gasteiger partial charge in [0.2, 0.25) is 5.91 Å². The van der Waals surface area contributed by atoms with E-state index in [2.05, 4.69) is 39.5 Å². The van der Waals surface area contributed by atoms with Crippen LogP contribution in [0.1, 0.15) is 55.7 Å². The van der Waals surface area contributed by atoms with Crippen LogP contribution in [0, 0.1) is 0 Å². The van der Waals surface area contributed by atoms with Gasteiger partial charge in [0, 0.05) is 30.9 Å². The number of aromatic nitrogens is 1. The average molecular weight is 380 g/mol. The second kappa shape index (κ2) is 7.55. The first-order valence-corrected chi connectivity index (χ1v) is 10.2. The third-order valence-electron chi connectivity index (χ3n) is 5.74. The SMILES string of the molecule is CC(C)(O)c1cncc(N2CCC(NC(=O)Cc3ccc(C4CC4)cc3)C2)c1. The number of carbonyl (C=O) groups is 1. The van der Waals surface area contributed by atoms with Crippen LogP contribution in [0.15, 0.2) is 42.7 Å². The van der Waals surface area contributed by atoms with Crippen molar-refractivity contribution in [2.45, 2.75) is 57.1 Å². The Bertz CT molecular complexity index is 838. The molecule has 1 atom stereocenters. The molecular weight excluding hydrogens is 350 g/mol. The molecular formula is C23H29N3O2. The Morgan fingerprint density at radius 2 is 1.96 bits per heavy atom. The molecule has 2 fully saturated rings. The van der Waals surface area contributed by atoms with Crippen LogP contribution >= 0.6 is 0 Å². The van der Waals surface area contributed by atoms with Gasteiger partial charge in [0.25, 0.3) is 0 Å². The molecule has 5 nitrogen and oxygen atoms in total. The van der Waals surface area contributed by atoms with Gasteiger partial charge in [-0.25, -0.2) is 0 Å². The van der Waals surface area contributed by atoms with Crippen molar-refractivity contribution < 1.29 is 9.90 Å². The predicted octanol–water partition coefficient (Wildman–Crippen LogP) is 3.12. The zero-order valence-electron chi connectivity index (χ0n) is 16.7. The minimum atomic E-state index is -0.911. The molecule has 0 bridgehead atoms. The number of hydrogen-bond donors (Lipinski definition) is 2. The molecule has 2 heterocycles. The molecule has 2 aromatic rings. The van der Waals surface area contributed by atoms with E-state index in [9.17, 15) is 9.90 Å². The average Bonchev–Trinajstić information content (AvgIpc) is 3.41. The second-order valence-corrected chi connectivity index (χ2v) is 8.68. The van der Waals surface area contributed by atoms with Crippen LogP contribution in [-0.2, 0) is 16.8 Å². The van der Waals surface area contributed by atoms with E-state index >= 15 is 0 Å². The van der Waals surface area contributed by atoms with Gasteiger partial charge < -0.3 is 15.3 Å². The van der Waals surface area contributed by atoms with Gasteiger partial charge in [0.1, 0.15) is 0 Å². The fraction of sp³-hybridized carbons (Fsp3) is 0.478. The van der Waals surface area contributed by atoms with E-state index in [1.165, 1.54) is 18.4 Å². The Balaban J connectivity index is 1.31. The predicted molar refractivity (Wildman–Crippen MR) is 110 cm³/mol. The van der Waals surface area contributed by atoms with Crippen LogP contribution < -0.4 is 10.2 Å². The lowest BCUT2D eigenvalue weighted by atomic mass is 10.0. The fourth-order valence-electron chi connectivity index (χ4n) is 3.84. The maximum atomic E-state index is 12.5. The highest BCUT2D eigenvalue weighted by molar-refractivity contribution is 5.79. The number of nitrogens with one attached hydrogen (secondary N) is 1. The van der Waals surface area contributed by atoms with Crippen LogP contribution in [-0.4, -0.2) is 35.1 Å². The summed E-state index contributed by atoms with van der Waals surface area (Å²) in [7, 11) is 0. The van der Waals surface area contributed by atoms with E-state index < -0.39 is 5.60 Å². The molecule has 1 amide bonds. The van der Waals surface area contributed by atoms with Gasteiger partial charge in [-0.15, -0.1) is 0 Å². The van der Waals surface area contributed by atoms with Crippen LogP contribution in [0.4, 0.5) is 5.69 Å². The maximum Gasteiger partial charge on any atom is 0.224 e. The van der Waals surface area contributed by atoms with Crippen molar-refractivity contribution in [1.82, 2.24) is 10.3 Å². The number of pyridine rings is 1. The molecule has 1 aliphatic carbocycles. The number of amides is 1. The summed E-state index contributed by atoms with van der Waals surface area (Å²) in [6, 6.07) is 10.6. The first kappa shape index (κ1) is 18.9. The number of nitrogens with zero attached hydrogens (tertiary/aromatic N) is 2. The van der Waals surface area contributed by atoms with E-state index in [0.717, 1.165) is 42.2 Å². The summed E-state index contributed by atoms with van der Waals surface area (Å²) in [5.41, 5.74) is 3.35. The zero-order valence-corrected chi connectivity index (χ0v) is 16.7. The van der Waals surface area contributed by atoms with Crippen molar-refractivity contribution in [3.05, 3.63) is 59.4 Å². The minimum Gasteiger partial charge on any atom is -0.386 e. The van der Waals surface area contributed by atoms with E-state index in [0.29, 0.717) is 6.42 Å². The molecule has 148 valence electrons. The zero-order chi connectivity index (χ0) is 19.7. The largest absolute Gasteiger partial charge is 0.386 e. The number of rotatable bonds is 6. The van der Waals surface area contributed by atoms with E-state index in [1.54, 1.807) is 20.0 Å². The van der Waals surface area contributed by atoms with Gasteiger partial charge in [-0.3, -0.25) is 9.78 Å². The molecule has 28 heavy (non-hydrogen) atoms. The standard InChI is InChI=1S/C23H29N3O2/c1-23(2,28)19-12-21(14-24-13-19)26-10-9-20(15-26)25-22(27)11-16-3-5-17(6-4-16)18-7-8-18/h3-6,12-14,18,20,28H,7-11,15H2,1-2H3,(H,25,27). The Morgan fingerprint density at radius 1 is 1.21 bits per heavy atom. The Hall–Kier alpha value is -2.40. The Kier molecular flexibility index (Phi) is 5.11. The lowest BCUT2D eigenvalue weighted by Gasteiger charge is -2.22. The lowest BCUT2D eigenvalue weighted by molar-refractivity contribution is -0.121. The van der Waals surface area contributed by atoms with E-state index in [-0.39, 0.29) is 11.9 Å². The molecule has 1 saturated carbocycles. The van der Waals surface area contributed by atoms with E-state index in [4.69, 9.17) is 0 Å². The quantitative estimate of drug-likeness (QED) is 0.809. The lowest BCUT2D eigenvalue weighted by Crippen LogP contribution is -2.38. The molecule has 0 spiro atoms. The summed E-state index contributed by atoms with van der Waals surface area (Å²) in [4.78, 5) is 18.9. The highest BCUT2D eigenvalue weighted by Gasteiger charge is 2.26. The minimum absolute atomic E-state index is 0.0781. The third-order valence-corrected chi connectivity index (χ3v) is 5.74. The van der Waals surface area contributed by atoms with Crippen molar-refractivity contribution in [2.75, 3.05) is 18.0 Å². The van der Waals surface area contributed by atoms with Crippen LogP contribution in [0.25, 0.3) is 0 Å². The van der Waals surface area contributed by atoms with Crippen molar-refractivity contribution in [3.8, 4) is 0 Å². The summed E-state index contributed by atoms with van der Waals surface area (Å²) < 4.78 is 0. The number of hydrogen-bond acceptors (Lipinski definition) is 4. The smallest absolute Gasteiger partial charge is 0.224 e. The van der Waals surface area contributed by atoms with Gasteiger partial charge in [-0.05, 0) is 56.2 Å². The number of benzene rings is 1. The number of carbonyl (C=O) groups excluding carboxylic acids is 1. The molecule has 1 aliphatic heterocycles. The van der Waals surface area contributed by atoms with Crippen molar-refractivity contribution in [1.29, 1.82) is 0 Å². The monoisotopic (exact) mass is 379 g/mol. The molecule has 1 aromatic heterocycles. The fourth-order valence-corrected chi connectivity index (χ4v) is 3.84. The molecule has 1 unspecified atom stereocenters. The summed E-state index contributed by atoms with van der Waals surface area (Å²) >= 11 is 0. The number of aliphatic hydroxyl groups is 1.